The summed E-state index contributed by atoms with van der Waals surface area (Å²) in [6.45, 7) is 2.32. The molecule has 0 aliphatic heterocycles. The van der Waals surface area contributed by atoms with Gasteiger partial charge in [0, 0.05) is 5.33 Å². The molecule has 0 radical (unpaired) electrons. The van der Waals surface area contributed by atoms with Gasteiger partial charge in [-0.25, -0.2) is 0 Å². The molecule has 0 aromatic heterocycles. The maximum absolute atomic E-state index is 11.1. The van der Waals surface area contributed by atoms with Crippen molar-refractivity contribution in [3.63, 3.8) is 0 Å². The number of hydrogen-bond acceptors (Lipinski definition) is 4. The molecule has 0 saturated heterocycles. The molecule has 0 bridgehead atoms. The van der Waals surface area contributed by atoms with Crippen LogP contribution < -0.4 is 0 Å². The summed E-state index contributed by atoms with van der Waals surface area (Å²) < 4.78 is 9.47. The molecule has 0 aromatic carbocycles. The molecule has 0 saturated carbocycles. The number of hydrogen-bond donors (Lipinski definition) is 0. The van der Waals surface area contributed by atoms with Crippen LogP contribution in [0.4, 0.5) is 0 Å². The summed E-state index contributed by atoms with van der Waals surface area (Å²) in [5, 5.41) is 0.588. The predicted molar refractivity (Wildman–Crippen MR) is 58.7 cm³/mol. The molecular formula is C8H12Br2O4. The number of esters is 2. The maximum Gasteiger partial charge on any atom is 0.320 e. The van der Waals surface area contributed by atoms with Gasteiger partial charge in [0.25, 0.3) is 0 Å². The van der Waals surface area contributed by atoms with Gasteiger partial charge in [-0.05, 0) is 6.92 Å². The third-order valence-electron chi connectivity index (χ3n) is 1.23. The molecule has 0 aromatic rings. The largest absolute Gasteiger partial charge is 0.465 e. The molecule has 0 spiro atoms. The number of alkyl halides is 2. The van der Waals surface area contributed by atoms with Crippen LogP contribution in [-0.2, 0) is 19.1 Å². The van der Waals surface area contributed by atoms with Crippen molar-refractivity contribution in [3.8, 4) is 0 Å². The van der Waals surface area contributed by atoms with Gasteiger partial charge in [-0.3, -0.25) is 9.59 Å². The zero-order valence-corrected chi connectivity index (χ0v) is 11.0. The zero-order chi connectivity index (χ0) is 11.0. The Hall–Kier alpha value is -0.100. The van der Waals surface area contributed by atoms with E-state index in [9.17, 15) is 9.59 Å². The van der Waals surface area contributed by atoms with E-state index in [1.165, 1.54) is 0 Å². The summed E-state index contributed by atoms with van der Waals surface area (Å²) in [6, 6.07) is 0. The van der Waals surface area contributed by atoms with Crippen LogP contribution in [0.25, 0.3) is 0 Å². The molecule has 0 aliphatic rings. The fraction of sp³-hybridized carbons (Fsp3) is 0.750. The molecule has 6 heteroatoms. The zero-order valence-electron chi connectivity index (χ0n) is 7.79. The lowest BCUT2D eigenvalue weighted by atomic mass is 10.3. The number of carbonyl (C=O) groups is 2. The van der Waals surface area contributed by atoms with Crippen LogP contribution in [0.1, 0.15) is 13.3 Å². The summed E-state index contributed by atoms with van der Waals surface area (Å²) >= 11 is 6.17. The monoisotopic (exact) mass is 330 g/mol. The van der Waals surface area contributed by atoms with Gasteiger partial charge in [0.2, 0.25) is 0 Å². The van der Waals surface area contributed by atoms with Crippen molar-refractivity contribution in [2.45, 2.75) is 18.2 Å². The van der Waals surface area contributed by atoms with Crippen LogP contribution in [0.3, 0.4) is 0 Å². The van der Waals surface area contributed by atoms with Crippen LogP contribution in [0.5, 0.6) is 0 Å². The number of ether oxygens (including phenoxy) is 2. The molecule has 0 heterocycles. The topological polar surface area (TPSA) is 52.6 Å². The summed E-state index contributed by atoms with van der Waals surface area (Å²) in [5.74, 6) is -0.859. The highest BCUT2D eigenvalue weighted by Gasteiger charge is 2.20. The van der Waals surface area contributed by atoms with Crippen molar-refractivity contribution in [1.82, 2.24) is 0 Å². The summed E-state index contributed by atoms with van der Waals surface area (Å²) in [6.07, 6.45) is -0.00810. The molecule has 1 unspecified atom stereocenters. The highest BCUT2D eigenvalue weighted by molar-refractivity contribution is 9.10. The van der Waals surface area contributed by atoms with Gasteiger partial charge in [0.15, 0.2) is 0 Å². The van der Waals surface area contributed by atoms with E-state index >= 15 is 0 Å². The van der Waals surface area contributed by atoms with E-state index in [-0.39, 0.29) is 6.42 Å². The lowest BCUT2D eigenvalue weighted by molar-refractivity contribution is -0.148. The van der Waals surface area contributed by atoms with Crippen molar-refractivity contribution in [2.75, 3.05) is 18.5 Å². The third kappa shape index (κ3) is 6.37. The first kappa shape index (κ1) is 13.9. The lowest BCUT2D eigenvalue weighted by Crippen LogP contribution is -2.22. The van der Waals surface area contributed by atoms with Crippen molar-refractivity contribution < 1.29 is 19.1 Å². The Morgan fingerprint density at radius 1 is 1.36 bits per heavy atom. The fourth-order valence-electron chi connectivity index (χ4n) is 0.674. The molecule has 0 N–H and O–H groups in total. The van der Waals surface area contributed by atoms with Gasteiger partial charge in [0.1, 0.15) is 11.4 Å². The van der Waals surface area contributed by atoms with Crippen molar-refractivity contribution >= 4 is 43.8 Å². The maximum atomic E-state index is 11.1. The molecule has 1 atom stereocenters. The molecule has 0 amide bonds. The minimum absolute atomic E-state index is 0.00810. The van der Waals surface area contributed by atoms with Crippen LogP contribution >= 0.6 is 31.9 Å². The van der Waals surface area contributed by atoms with Gasteiger partial charge < -0.3 is 9.47 Å². The first-order valence-electron chi connectivity index (χ1n) is 4.14. The van der Waals surface area contributed by atoms with Gasteiger partial charge in [-0.1, -0.05) is 31.9 Å². The Labute approximate surface area is 99.6 Å². The van der Waals surface area contributed by atoms with E-state index < -0.39 is 16.8 Å². The minimum Gasteiger partial charge on any atom is -0.465 e. The van der Waals surface area contributed by atoms with Crippen molar-refractivity contribution in [1.29, 1.82) is 0 Å². The molecule has 0 aliphatic carbocycles. The molecule has 0 rings (SSSR count). The van der Waals surface area contributed by atoms with Gasteiger partial charge >= 0.3 is 11.9 Å². The molecular weight excluding hydrogens is 320 g/mol. The first-order valence-corrected chi connectivity index (χ1v) is 6.17. The average Bonchev–Trinajstić information content (AvgIpc) is 2.15. The Kier molecular flexibility index (Phi) is 8.17. The number of carbonyl (C=O) groups excluding carboxylic acids is 2. The standard InChI is InChI=1S/C8H12Br2O4/c1-2-13-8(12)6(10)5-7(11)14-4-3-9/h6H,2-5H2,1H3. The van der Waals surface area contributed by atoms with E-state index in [0.717, 1.165) is 0 Å². The molecule has 82 valence electrons. The van der Waals surface area contributed by atoms with Crippen LogP contribution in [0.2, 0.25) is 0 Å². The molecule has 14 heavy (non-hydrogen) atoms. The smallest absolute Gasteiger partial charge is 0.320 e. The summed E-state index contributed by atoms with van der Waals surface area (Å²) in [4.78, 5) is 21.5. The second-order valence-electron chi connectivity index (χ2n) is 2.33. The van der Waals surface area contributed by atoms with Crippen LogP contribution in [0.15, 0.2) is 0 Å². The first-order chi connectivity index (χ1) is 6.61. The van der Waals surface area contributed by atoms with Gasteiger partial charge in [-0.2, -0.15) is 0 Å². The van der Waals surface area contributed by atoms with Crippen molar-refractivity contribution in [3.05, 3.63) is 0 Å². The minimum atomic E-state index is -0.620. The SMILES string of the molecule is CCOC(=O)C(Br)CC(=O)OCCBr. The second kappa shape index (κ2) is 8.23. The highest BCUT2D eigenvalue weighted by atomic mass is 79.9. The van der Waals surface area contributed by atoms with Gasteiger partial charge in [-0.15, -0.1) is 0 Å². The van der Waals surface area contributed by atoms with Crippen LogP contribution in [0, 0.1) is 0 Å². The molecule has 0 fully saturated rings. The number of rotatable bonds is 6. The van der Waals surface area contributed by atoms with E-state index in [4.69, 9.17) is 9.47 Å². The average molecular weight is 332 g/mol. The third-order valence-corrected chi connectivity index (χ3v) is 2.25. The predicted octanol–water partition coefficient (Wildman–Crippen LogP) is 1.64. The second-order valence-corrected chi connectivity index (χ2v) is 4.23. The van der Waals surface area contributed by atoms with Gasteiger partial charge in [0.05, 0.1) is 13.0 Å². The quantitative estimate of drug-likeness (QED) is 0.548. The van der Waals surface area contributed by atoms with Crippen molar-refractivity contribution in [2.24, 2.45) is 0 Å². The Balaban J connectivity index is 3.75. The Bertz CT molecular complexity index is 196. The highest BCUT2D eigenvalue weighted by Crippen LogP contribution is 2.08. The van der Waals surface area contributed by atoms with E-state index in [1.807, 2.05) is 0 Å². The van der Waals surface area contributed by atoms with E-state index in [2.05, 4.69) is 31.9 Å². The van der Waals surface area contributed by atoms with E-state index in [0.29, 0.717) is 18.5 Å². The van der Waals surface area contributed by atoms with Crippen LogP contribution in [-0.4, -0.2) is 35.3 Å². The summed E-state index contributed by atoms with van der Waals surface area (Å²) in [7, 11) is 0. The molecule has 4 nitrogen and oxygen atoms in total. The number of halogens is 2. The Morgan fingerprint density at radius 3 is 2.50 bits per heavy atom. The summed E-state index contributed by atoms with van der Waals surface area (Å²) in [5.41, 5.74) is 0. The van der Waals surface area contributed by atoms with E-state index in [1.54, 1.807) is 6.92 Å². The lowest BCUT2D eigenvalue weighted by Gasteiger charge is -2.08. The fourth-order valence-corrected chi connectivity index (χ4v) is 1.23. The Morgan fingerprint density at radius 2 is 2.00 bits per heavy atom. The normalized spacial score (nSPS) is 11.9.